The van der Waals surface area contributed by atoms with E-state index in [1.807, 2.05) is 0 Å². The molecular weight excluding hydrogens is 208 g/mol. The van der Waals surface area contributed by atoms with Gasteiger partial charge in [-0.05, 0) is 23.8 Å². The summed E-state index contributed by atoms with van der Waals surface area (Å²) in [6.45, 7) is 0. The third kappa shape index (κ3) is 1.32. The minimum absolute atomic E-state index is 0.178. The molecule has 0 amide bonds. The van der Waals surface area contributed by atoms with Gasteiger partial charge in [-0.25, -0.2) is 8.42 Å². The lowest BCUT2D eigenvalue weighted by Crippen LogP contribution is -2.15. The number of carbonyl (C=O) groups is 1. The summed E-state index contributed by atoms with van der Waals surface area (Å²) in [5.74, 6) is 0.178. The van der Waals surface area contributed by atoms with Crippen molar-refractivity contribution in [2.45, 2.75) is 17.7 Å². The van der Waals surface area contributed by atoms with Gasteiger partial charge in [0, 0.05) is 0 Å². The Balaban J connectivity index is 2.72. The second-order valence-electron chi connectivity index (χ2n) is 2.99. The molecule has 1 aliphatic heterocycles. The van der Waals surface area contributed by atoms with Crippen LogP contribution >= 0.6 is 11.3 Å². The molecule has 2 heterocycles. The van der Waals surface area contributed by atoms with Crippen LogP contribution in [-0.4, -0.2) is 20.5 Å². The quantitative estimate of drug-likeness (QED) is 0.664. The average Bonchev–Trinajstić information content (AvgIpc) is 2.48. The SMILES string of the molecule is O=Cc1scc2c1S(=O)(=O)CCC2. The molecule has 1 aromatic heterocycles. The number of sulfone groups is 1. The van der Waals surface area contributed by atoms with E-state index in [1.54, 1.807) is 5.38 Å². The van der Waals surface area contributed by atoms with Gasteiger partial charge in [-0.1, -0.05) is 0 Å². The Morgan fingerprint density at radius 3 is 2.92 bits per heavy atom. The zero-order chi connectivity index (χ0) is 9.47. The molecule has 0 N–H and O–H groups in total. The molecule has 0 saturated carbocycles. The van der Waals surface area contributed by atoms with E-state index in [2.05, 4.69) is 0 Å². The third-order valence-corrected chi connectivity index (χ3v) is 5.14. The Morgan fingerprint density at radius 1 is 1.46 bits per heavy atom. The van der Waals surface area contributed by atoms with Crippen LogP contribution < -0.4 is 0 Å². The lowest BCUT2D eigenvalue weighted by atomic mass is 10.2. The number of hydrogen-bond donors (Lipinski definition) is 0. The van der Waals surface area contributed by atoms with Gasteiger partial charge in [-0.3, -0.25) is 4.79 Å². The molecule has 70 valence electrons. The summed E-state index contributed by atoms with van der Waals surface area (Å²) in [5, 5.41) is 1.77. The minimum atomic E-state index is -3.16. The van der Waals surface area contributed by atoms with Gasteiger partial charge in [0.05, 0.1) is 15.5 Å². The number of rotatable bonds is 1. The molecule has 0 radical (unpaired) electrons. The van der Waals surface area contributed by atoms with Crippen molar-refractivity contribution in [1.82, 2.24) is 0 Å². The van der Waals surface area contributed by atoms with Crippen molar-refractivity contribution in [3.8, 4) is 0 Å². The van der Waals surface area contributed by atoms with Crippen molar-refractivity contribution in [1.29, 1.82) is 0 Å². The lowest BCUT2D eigenvalue weighted by molar-refractivity contribution is 0.112. The van der Waals surface area contributed by atoms with Gasteiger partial charge >= 0.3 is 0 Å². The smallest absolute Gasteiger partial charge is 0.180 e. The largest absolute Gasteiger partial charge is 0.297 e. The van der Waals surface area contributed by atoms with Gasteiger partial charge in [-0.2, -0.15) is 0 Å². The molecule has 0 fully saturated rings. The summed E-state index contributed by atoms with van der Waals surface area (Å²) in [4.78, 5) is 11.2. The maximum atomic E-state index is 11.6. The molecule has 0 saturated heterocycles. The Bertz CT molecular complexity index is 442. The minimum Gasteiger partial charge on any atom is -0.297 e. The second-order valence-corrected chi connectivity index (χ2v) is 5.95. The van der Waals surface area contributed by atoms with Gasteiger partial charge in [0.25, 0.3) is 0 Å². The summed E-state index contributed by atoms with van der Waals surface area (Å²) in [6, 6.07) is 0. The van der Waals surface area contributed by atoms with Crippen molar-refractivity contribution in [3.05, 3.63) is 15.8 Å². The van der Waals surface area contributed by atoms with E-state index in [0.717, 1.165) is 12.0 Å². The summed E-state index contributed by atoms with van der Waals surface area (Å²) in [7, 11) is -3.16. The fourth-order valence-corrected chi connectivity index (χ4v) is 4.60. The molecule has 5 heteroatoms. The number of thiophene rings is 1. The maximum Gasteiger partial charge on any atom is 0.180 e. The van der Waals surface area contributed by atoms with Crippen LogP contribution in [0, 0.1) is 0 Å². The van der Waals surface area contributed by atoms with Crippen LogP contribution in [0.3, 0.4) is 0 Å². The maximum absolute atomic E-state index is 11.6. The first kappa shape index (κ1) is 8.90. The zero-order valence-corrected chi connectivity index (χ0v) is 8.45. The molecule has 0 aromatic carbocycles. The summed E-state index contributed by atoms with van der Waals surface area (Å²) in [6.07, 6.45) is 2.08. The first-order valence-corrected chi connectivity index (χ1v) is 6.46. The highest BCUT2D eigenvalue weighted by molar-refractivity contribution is 7.91. The van der Waals surface area contributed by atoms with E-state index >= 15 is 0 Å². The van der Waals surface area contributed by atoms with Crippen LogP contribution in [0.5, 0.6) is 0 Å². The monoisotopic (exact) mass is 216 g/mol. The number of aryl methyl sites for hydroxylation is 1. The van der Waals surface area contributed by atoms with E-state index in [0.29, 0.717) is 22.5 Å². The molecule has 2 rings (SSSR count). The third-order valence-electron chi connectivity index (χ3n) is 2.12. The van der Waals surface area contributed by atoms with Gasteiger partial charge in [0.1, 0.15) is 0 Å². The Kier molecular flexibility index (Phi) is 2.00. The number of hydrogen-bond acceptors (Lipinski definition) is 4. The molecule has 1 aliphatic rings. The highest BCUT2D eigenvalue weighted by Gasteiger charge is 2.27. The van der Waals surface area contributed by atoms with Crippen molar-refractivity contribution in [2.75, 3.05) is 5.75 Å². The van der Waals surface area contributed by atoms with Gasteiger partial charge in [0.15, 0.2) is 16.1 Å². The van der Waals surface area contributed by atoms with Crippen LogP contribution in [0.2, 0.25) is 0 Å². The van der Waals surface area contributed by atoms with E-state index in [1.165, 1.54) is 11.3 Å². The first-order chi connectivity index (χ1) is 6.15. The highest BCUT2D eigenvalue weighted by atomic mass is 32.2. The summed E-state index contributed by atoms with van der Waals surface area (Å²) >= 11 is 1.22. The summed E-state index contributed by atoms with van der Waals surface area (Å²) in [5.41, 5.74) is 0.818. The zero-order valence-electron chi connectivity index (χ0n) is 6.82. The van der Waals surface area contributed by atoms with E-state index < -0.39 is 9.84 Å². The topological polar surface area (TPSA) is 51.2 Å². The lowest BCUT2D eigenvalue weighted by Gasteiger charge is -2.11. The van der Waals surface area contributed by atoms with E-state index in [4.69, 9.17) is 0 Å². The fraction of sp³-hybridized carbons (Fsp3) is 0.375. The average molecular weight is 216 g/mol. The highest BCUT2D eigenvalue weighted by Crippen LogP contribution is 2.31. The Morgan fingerprint density at radius 2 is 2.23 bits per heavy atom. The molecule has 0 unspecified atom stereocenters. The van der Waals surface area contributed by atoms with Gasteiger partial charge < -0.3 is 0 Å². The number of fused-ring (bicyclic) bond motifs is 1. The van der Waals surface area contributed by atoms with Crippen molar-refractivity contribution in [3.63, 3.8) is 0 Å². The molecule has 0 atom stereocenters. The number of carbonyl (C=O) groups excluding carboxylic acids is 1. The standard InChI is InChI=1S/C8H8O3S2/c9-4-7-8-6(5-12-7)2-1-3-13(8,10)11/h4-5H,1-3H2. The Labute approximate surface area is 80.3 Å². The van der Waals surface area contributed by atoms with Crippen LogP contribution in [0.15, 0.2) is 10.3 Å². The number of aldehydes is 1. The van der Waals surface area contributed by atoms with Gasteiger partial charge in [0.2, 0.25) is 0 Å². The van der Waals surface area contributed by atoms with E-state index in [9.17, 15) is 13.2 Å². The first-order valence-electron chi connectivity index (χ1n) is 3.93. The molecule has 3 nitrogen and oxygen atoms in total. The Hall–Kier alpha value is -0.680. The fourth-order valence-electron chi connectivity index (χ4n) is 1.56. The van der Waals surface area contributed by atoms with Crippen LogP contribution in [0.4, 0.5) is 0 Å². The molecule has 13 heavy (non-hydrogen) atoms. The molecule has 0 aliphatic carbocycles. The second kappa shape index (κ2) is 2.92. The molecule has 0 bridgehead atoms. The molecule has 1 aromatic rings. The predicted octanol–water partition coefficient (Wildman–Crippen LogP) is 1.28. The van der Waals surface area contributed by atoms with Crippen LogP contribution in [0.1, 0.15) is 21.7 Å². The molecule has 0 spiro atoms. The predicted molar refractivity (Wildman–Crippen MR) is 50.1 cm³/mol. The molecular formula is C8H8O3S2. The summed E-state index contributed by atoms with van der Waals surface area (Å²) < 4.78 is 23.1. The van der Waals surface area contributed by atoms with Crippen molar-refractivity contribution in [2.24, 2.45) is 0 Å². The van der Waals surface area contributed by atoms with E-state index in [-0.39, 0.29) is 5.75 Å². The van der Waals surface area contributed by atoms with Crippen molar-refractivity contribution >= 4 is 27.5 Å². The van der Waals surface area contributed by atoms with Crippen LogP contribution in [0.25, 0.3) is 0 Å². The normalized spacial score (nSPS) is 19.4. The van der Waals surface area contributed by atoms with Crippen LogP contribution in [-0.2, 0) is 16.3 Å². The van der Waals surface area contributed by atoms with Gasteiger partial charge in [-0.15, -0.1) is 11.3 Å². The van der Waals surface area contributed by atoms with Crippen molar-refractivity contribution < 1.29 is 13.2 Å².